The van der Waals surface area contributed by atoms with E-state index in [9.17, 15) is 27.9 Å². The Kier molecular flexibility index (Phi) is 8.38. The van der Waals surface area contributed by atoms with E-state index in [0.29, 0.717) is 73.0 Å². The van der Waals surface area contributed by atoms with Gasteiger partial charge in [0.25, 0.3) is 5.56 Å². The standard InChI is InChI=1S/C32H36F3N5O5/c1-44-23-14-20(15-24(17-23)45-2)29-25-9-13-39(19-28(42)37-10-4-3-5-11-37)30(25)31(43)40(36-29)27-16-21(38-12-8-22(41)18-38)6-7-26(27)32(33,34)35/h6-7,14-17,22,41H,3-5,8-13,18-19H2,1-2H3. The summed E-state index contributed by atoms with van der Waals surface area (Å²) in [5, 5.41) is 14.7. The van der Waals surface area contributed by atoms with E-state index in [1.807, 2.05) is 0 Å². The molecule has 4 heterocycles. The summed E-state index contributed by atoms with van der Waals surface area (Å²) in [5.74, 6) is 0.761. The molecule has 13 heteroatoms. The fraction of sp³-hybridized carbons (Fsp3) is 0.469. The van der Waals surface area contributed by atoms with Gasteiger partial charge in [0, 0.05) is 55.6 Å². The van der Waals surface area contributed by atoms with Crippen LogP contribution in [0, 0.1) is 0 Å². The molecular formula is C32H36F3N5O5. The zero-order valence-electron chi connectivity index (χ0n) is 25.3. The van der Waals surface area contributed by atoms with E-state index < -0.39 is 29.1 Å². The molecule has 240 valence electrons. The maximum atomic E-state index is 14.5. The molecule has 2 saturated heterocycles. The summed E-state index contributed by atoms with van der Waals surface area (Å²) in [6, 6.07) is 8.64. The molecule has 3 aliphatic heterocycles. The van der Waals surface area contributed by atoms with Crippen molar-refractivity contribution in [3.05, 3.63) is 57.9 Å². The van der Waals surface area contributed by atoms with Crippen LogP contribution < -0.4 is 24.8 Å². The second-order valence-corrected chi connectivity index (χ2v) is 11.7. The van der Waals surface area contributed by atoms with Crippen molar-refractivity contribution in [3.63, 3.8) is 0 Å². The first-order valence-electron chi connectivity index (χ1n) is 15.1. The highest BCUT2D eigenvalue weighted by Gasteiger charge is 2.37. The second-order valence-electron chi connectivity index (χ2n) is 11.7. The van der Waals surface area contributed by atoms with Gasteiger partial charge < -0.3 is 29.3 Å². The van der Waals surface area contributed by atoms with Gasteiger partial charge in [-0.25, -0.2) is 0 Å². The fourth-order valence-electron chi connectivity index (χ4n) is 6.48. The van der Waals surface area contributed by atoms with E-state index in [-0.39, 0.29) is 24.7 Å². The van der Waals surface area contributed by atoms with Gasteiger partial charge in [-0.1, -0.05) is 0 Å². The number of carbonyl (C=O) groups is 1. The number of halogens is 3. The molecule has 2 aromatic carbocycles. The third-order valence-electron chi connectivity index (χ3n) is 8.82. The SMILES string of the molecule is COc1cc(OC)cc(-c2nn(-c3cc(N4CCC(O)C4)ccc3C(F)(F)F)c(=O)c3c2CCN3CC(=O)N2CCCCC2)c1. The number of hydrogen-bond donors (Lipinski definition) is 1. The number of carbonyl (C=O) groups excluding carboxylic acids is 1. The minimum atomic E-state index is -4.79. The van der Waals surface area contributed by atoms with Crippen LogP contribution in [0.5, 0.6) is 11.5 Å². The Bertz CT molecular complexity index is 1630. The molecule has 6 rings (SSSR count). The fourth-order valence-corrected chi connectivity index (χ4v) is 6.48. The molecule has 1 atom stereocenters. The molecule has 0 aliphatic carbocycles. The van der Waals surface area contributed by atoms with Crippen molar-refractivity contribution in [3.8, 4) is 28.4 Å². The topological polar surface area (TPSA) is 100 Å². The number of aromatic nitrogens is 2. The molecule has 0 radical (unpaired) electrons. The predicted molar refractivity (Wildman–Crippen MR) is 163 cm³/mol. The molecule has 45 heavy (non-hydrogen) atoms. The highest BCUT2D eigenvalue weighted by Crippen LogP contribution is 2.39. The Labute approximate surface area is 258 Å². The van der Waals surface area contributed by atoms with Crippen LogP contribution >= 0.6 is 0 Å². The number of amides is 1. The molecule has 1 amide bonds. The van der Waals surface area contributed by atoms with Crippen molar-refractivity contribution in [1.29, 1.82) is 0 Å². The van der Waals surface area contributed by atoms with E-state index >= 15 is 0 Å². The van der Waals surface area contributed by atoms with Gasteiger partial charge >= 0.3 is 6.18 Å². The van der Waals surface area contributed by atoms with Gasteiger partial charge in [-0.05, 0) is 62.4 Å². The van der Waals surface area contributed by atoms with Crippen LogP contribution in [0.2, 0.25) is 0 Å². The second kappa shape index (κ2) is 12.3. The number of β-amino-alcohol motifs (C(OH)–C–C–N with tert-alkyl or cyclic N) is 1. The number of nitrogens with zero attached hydrogens (tertiary/aromatic N) is 5. The summed E-state index contributed by atoms with van der Waals surface area (Å²) in [4.78, 5) is 32.8. The van der Waals surface area contributed by atoms with Gasteiger partial charge in [0.15, 0.2) is 0 Å². The number of ether oxygens (including phenoxy) is 2. The molecule has 1 aromatic heterocycles. The van der Waals surface area contributed by atoms with Gasteiger partial charge in [0.05, 0.1) is 43.8 Å². The first-order valence-corrected chi connectivity index (χ1v) is 15.1. The van der Waals surface area contributed by atoms with Crippen LogP contribution in [0.4, 0.5) is 24.5 Å². The number of fused-ring (bicyclic) bond motifs is 1. The van der Waals surface area contributed by atoms with Crippen LogP contribution in [0.3, 0.4) is 0 Å². The predicted octanol–water partition coefficient (Wildman–Crippen LogP) is 3.88. The van der Waals surface area contributed by atoms with E-state index in [1.54, 1.807) is 32.9 Å². The van der Waals surface area contributed by atoms with Gasteiger partial charge in [0.2, 0.25) is 5.91 Å². The molecule has 10 nitrogen and oxygen atoms in total. The molecule has 1 unspecified atom stereocenters. The Morgan fingerprint density at radius 2 is 1.71 bits per heavy atom. The normalized spacial score (nSPS) is 18.4. The van der Waals surface area contributed by atoms with Gasteiger partial charge in [-0.15, -0.1) is 0 Å². The van der Waals surface area contributed by atoms with Gasteiger partial charge in [-0.2, -0.15) is 23.0 Å². The third-order valence-corrected chi connectivity index (χ3v) is 8.82. The summed E-state index contributed by atoms with van der Waals surface area (Å²) < 4.78 is 55.2. The minimum absolute atomic E-state index is 0.0645. The molecule has 0 spiro atoms. The van der Waals surface area contributed by atoms with E-state index in [0.717, 1.165) is 30.0 Å². The van der Waals surface area contributed by atoms with E-state index in [4.69, 9.17) is 9.47 Å². The summed E-state index contributed by atoms with van der Waals surface area (Å²) in [6.07, 6.45) is -1.67. The van der Waals surface area contributed by atoms with Crippen molar-refractivity contribution < 1.29 is 32.5 Å². The largest absolute Gasteiger partial charge is 0.497 e. The van der Waals surface area contributed by atoms with E-state index in [1.165, 1.54) is 26.4 Å². The lowest BCUT2D eigenvalue weighted by atomic mass is 10.0. The van der Waals surface area contributed by atoms with Gasteiger partial charge in [0.1, 0.15) is 17.2 Å². The lowest BCUT2D eigenvalue weighted by Gasteiger charge is -2.29. The highest BCUT2D eigenvalue weighted by molar-refractivity contribution is 5.84. The van der Waals surface area contributed by atoms with E-state index in [2.05, 4.69) is 5.10 Å². The molecule has 2 fully saturated rings. The molecule has 0 saturated carbocycles. The van der Waals surface area contributed by atoms with Crippen LogP contribution in [0.25, 0.3) is 16.9 Å². The van der Waals surface area contributed by atoms with Crippen LogP contribution in [-0.2, 0) is 17.4 Å². The molecular weight excluding hydrogens is 591 g/mol. The smallest absolute Gasteiger partial charge is 0.418 e. The van der Waals surface area contributed by atoms with Crippen molar-refractivity contribution in [2.24, 2.45) is 0 Å². The Morgan fingerprint density at radius 3 is 2.33 bits per heavy atom. The highest BCUT2D eigenvalue weighted by atomic mass is 19.4. The molecule has 1 N–H and O–H groups in total. The number of hydrogen-bond acceptors (Lipinski definition) is 8. The third kappa shape index (κ3) is 6.05. The summed E-state index contributed by atoms with van der Waals surface area (Å²) in [6.45, 7) is 2.27. The Balaban J connectivity index is 1.55. The number of benzene rings is 2. The van der Waals surface area contributed by atoms with Crippen LogP contribution in [0.15, 0.2) is 41.2 Å². The zero-order chi connectivity index (χ0) is 31.9. The number of likely N-dealkylation sites (tertiary alicyclic amines) is 1. The number of aliphatic hydroxyl groups is 1. The first-order chi connectivity index (χ1) is 21.6. The molecule has 3 aromatic rings. The van der Waals surface area contributed by atoms with Crippen LogP contribution in [-0.4, -0.2) is 85.3 Å². The number of alkyl halides is 3. The Hall–Kier alpha value is -4.26. The van der Waals surface area contributed by atoms with Crippen LogP contribution in [0.1, 0.15) is 36.8 Å². The van der Waals surface area contributed by atoms with Crippen molar-refractivity contribution in [2.75, 3.05) is 63.3 Å². The summed E-state index contributed by atoms with van der Waals surface area (Å²) in [7, 11) is 2.98. The average Bonchev–Trinajstić information content (AvgIpc) is 3.67. The monoisotopic (exact) mass is 627 g/mol. The average molecular weight is 628 g/mol. The Morgan fingerprint density at radius 1 is 1.00 bits per heavy atom. The quantitative estimate of drug-likeness (QED) is 0.422. The molecule has 0 bridgehead atoms. The maximum absolute atomic E-state index is 14.5. The number of aliphatic hydroxyl groups excluding tert-OH is 1. The zero-order valence-corrected chi connectivity index (χ0v) is 25.3. The lowest BCUT2D eigenvalue weighted by molar-refractivity contribution is -0.137. The van der Waals surface area contributed by atoms with Crippen molar-refractivity contribution >= 4 is 17.3 Å². The number of methoxy groups -OCH3 is 2. The number of anilines is 2. The van der Waals surface area contributed by atoms with Crippen molar-refractivity contribution in [2.45, 2.75) is 44.4 Å². The maximum Gasteiger partial charge on any atom is 0.418 e. The minimum Gasteiger partial charge on any atom is -0.497 e. The number of piperidine rings is 1. The summed E-state index contributed by atoms with van der Waals surface area (Å²) >= 11 is 0. The van der Waals surface area contributed by atoms with Gasteiger partial charge in [-0.3, -0.25) is 9.59 Å². The number of rotatable bonds is 7. The van der Waals surface area contributed by atoms with Crippen molar-refractivity contribution in [1.82, 2.24) is 14.7 Å². The summed E-state index contributed by atoms with van der Waals surface area (Å²) in [5.41, 5.74) is -0.268. The lowest BCUT2D eigenvalue weighted by Crippen LogP contribution is -2.43. The first kappa shape index (κ1) is 30.8. The molecule has 3 aliphatic rings.